The average molecular weight is 485 g/mol. The number of amides is 2. The van der Waals surface area contributed by atoms with Crippen LogP contribution in [0.4, 0.5) is 19.1 Å². The summed E-state index contributed by atoms with van der Waals surface area (Å²) >= 11 is 0. The van der Waals surface area contributed by atoms with Crippen LogP contribution in [0.2, 0.25) is 0 Å². The first-order valence-electron chi connectivity index (χ1n) is 10.8. The van der Waals surface area contributed by atoms with Gasteiger partial charge in [0.2, 0.25) is 17.8 Å². The van der Waals surface area contributed by atoms with E-state index in [9.17, 15) is 22.8 Å². The van der Waals surface area contributed by atoms with Crippen molar-refractivity contribution in [2.24, 2.45) is 5.92 Å². The molecule has 3 atom stereocenters. The molecular weight excluding hydrogens is 459 g/mol. The lowest BCUT2D eigenvalue weighted by molar-refractivity contribution is -0.219. The number of halogens is 3. The van der Waals surface area contributed by atoms with Crippen molar-refractivity contribution in [1.29, 1.82) is 5.26 Å². The smallest absolute Gasteiger partial charge is 0.378 e. The highest BCUT2D eigenvalue weighted by Crippen LogP contribution is 2.32. The maximum atomic E-state index is 13.2. The molecule has 2 unspecified atom stereocenters. The largest absolute Gasteiger partial charge is 0.403 e. The van der Waals surface area contributed by atoms with E-state index >= 15 is 0 Å². The van der Waals surface area contributed by atoms with Gasteiger partial charge in [0.05, 0.1) is 49.8 Å². The Morgan fingerprint density at radius 1 is 1.29 bits per heavy atom. The first-order chi connectivity index (χ1) is 16.2. The summed E-state index contributed by atoms with van der Waals surface area (Å²) in [4.78, 5) is 35.9. The van der Waals surface area contributed by atoms with E-state index in [-0.39, 0.29) is 32.1 Å². The van der Waals surface area contributed by atoms with Crippen molar-refractivity contribution in [3.63, 3.8) is 0 Å². The molecule has 2 fully saturated rings. The van der Waals surface area contributed by atoms with Crippen molar-refractivity contribution in [1.82, 2.24) is 25.7 Å². The molecule has 2 saturated heterocycles. The number of alkyl halides is 3. The molecule has 11 nitrogen and oxygen atoms in total. The number of hydrogen-bond acceptors (Lipinski definition) is 9. The van der Waals surface area contributed by atoms with Crippen LogP contribution in [-0.2, 0) is 19.1 Å². The number of anilines is 1. The second-order valence-corrected chi connectivity index (χ2v) is 7.95. The Balaban J connectivity index is 1.35. The van der Waals surface area contributed by atoms with Gasteiger partial charge in [-0.05, 0) is 6.92 Å². The van der Waals surface area contributed by atoms with E-state index in [2.05, 4.69) is 15.4 Å². The molecule has 2 N–H and O–H groups in total. The summed E-state index contributed by atoms with van der Waals surface area (Å²) in [6, 6.07) is 1.96. The van der Waals surface area contributed by atoms with E-state index < -0.39 is 30.2 Å². The Morgan fingerprint density at radius 3 is 2.59 bits per heavy atom. The van der Waals surface area contributed by atoms with E-state index in [4.69, 9.17) is 14.7 Å². The Bertz CT molecular complexity index is 886. The standard InChI is InChI=1S/C20H26F3N7O4/c1-13(34-15-11-27-28-18(32)17(15)20(21,22)23)12-33-7-2-16(31)29-3-5-30(6-4-29)19-25-9-14(8-24)10-26-19/h9-10,13,15,17,27H,2-7,11-12H2,1H3,(H,28,32)/t13-,15?,17?/m0/s1. The zero-order valence-corrected chi connectivity index (χ0v) is 18.5. The van der Waals surface area contributed by atoms with Crippen LogP contribution < -0.4 is 15.8 Å². The molecule has 0 radical (unpaired) electrons. The van der Waals surface area contributed by atoms with Gasteiger partial charge in [-0.15, -0.1) is 0 Å². The van der Waals surface area contributed by atoms with Crippen LogP contribution >= 0.6 is 0 Å². The first kappa shape index (κ1) is 25.6. The fourth-order valence-corrected chi connectivity index (χ4v) is 3.69. The topological polar surface area (TPSA) is 133 Å². The van der Waals surface area contributed by atoms with E-state index in [1.165, 1.54) is 12.4 Å². The molecule has 0 aliphatic carbocycles. The summed E-state index contributed by atoms with van der Waals surface area (Å²) in [6.45, 7) is 3.51. The van der Waals surface area contributed by atoms with Gasteiger partial charge in [-0.3, -0.25) is 15.0 Å². The molecule has 0 saturated carbocycles. The molecule has 34 heavy (non-hydrogen) atoms. The van der Waals surface area contributed by atoms with Crippen molar-refractivity contribution in [3.8, 4) is 6.07 Å². The van der Waals surface area contributed by atoms with E-state index in [0.717, 1.165) is 0 Å². The highest BCUT2D eigenvalue weighted by atomic mass is 19.4. The Kier molecular flexibility index (Phi) is 8.59. The Hall–Kier alpha value is -3.02. The van der Waals surface area contributed by atoms with Crippen molar-refractivity contribution >= 4 is 17.8 Å². The second kappa shape index (κ2) is 11.4. The van der Waals surface area contributed by atoms with Crippen LogP contribution in [0.1, 0.15) is 18.9 Å². The SMILES string of the molecule is C[C@@H](COCCC(=O)N1CCN(c2ncc(C#N)cn2)CC1)OC1CNNC(=O)C1C(F)(F)F. The summed E-state index contributed by atoms with van der Waals surface area (Å²) in [6.07, 6.45) is -3.77. The normalized spacial score (nSPS) is 22.1. The minimum absolute atomic E-state index is 0.0141. The Labute approximate surface area is 194 Å². The van der Waals surface area contributed by atoms with Gasteiger partial charge >= 0.3 is 6.18 Å². The summed E-state index contributed by atoms with van der Waals surface area (Å²) in [7, 11) is 0. The molecule has 186 valence electrons. The number of nitrogens with one attached hydrogen (secondary N) is 2. The molecule has 0 spiro atoms. The third kappa shape index (κ3) is 6.75. The van der Waals surface area contributed by atoms with Crippen LogP contribution in [0.5, 0.6) is 0 Å². The van der Waals surface area contributed by atoms with Crippen LogP contribution in [-0.4, -0.2) is 91.0 Å². The third-order valence-corrected chi connectivity index (χ3v) is 5.42. The zero-order valence-electron chi connectivity index (χ0n) is 18.5. The highest BCUT2D eigenvalue weighted by Gasteiger charge is 2.52. The quantitative estimate of drug-likeness (QED) is 0.488. The second-order valence-electron chi connectivity index (χ2n) is 7.95. The van der Waals surface area contributed by atoms with Crippen molar-refractivity contribution in [3.05, 3.63) is 18.0 Å². The van der Waals surface area contributed by atoms with Gasteiger partial charge in [-0.2, -0.15) is 18.4 Å². The van der Waals surface area contributed by atoms with Gasteiger partial charge in [0.25, 0.3) is 0 Å². The number of nitrogens with zero attached hydrogens (tertiary/aromatic N) is 5. The minimum Gasteiger partial charge on any atom is -0.378 e. The molecule has 3 heterocycles. The van der Waals surface area contributed by atoms with Crippen LogP contribution in [0, 0.1) is 17.2 Å². The van der Waals surface area contributed by atoms with Crippen molar-refractivity contribution in [2.75, 3.05) is 50.8 Å². The number of carbonyl (C=O) groups excluding carboxylic acids is 2. The first-order valence-corrected chi connectivity index (χ1v) is 10.8. The summed E-state index contributed by atoms with van der Waals surface area (Å²) in [5.41, 5.74) is 4.73. The van der Waals surface area contributed by atoms with E-state index in [1.54, 1.807) is 11.8 Å². The molecule has 1 aromatic heterocycles. The number of carbonyl (C=O) groups is 2. The van der Waals surface area contributed by atoms with Crippen LogP contribution in [0.15, 0.2) is 12.4 Å². The number of ether oxygens (including phenoxy) is 2. The highest BCUT2D eigenvalue weighted by molar-refractivity contribution is 5.80. The number of hydrazine groups is 1. The summed E-state index contributed by atoms with van der Waals surface area (Å²) < 4.78 is 50.3. The number of piperazine rings is 1. The summed E-state index contributed by atoms with van der Waals surface area (Å²) in [5, 5.41) is 8.81. The van der Waals surface area contributed by atoms with Crippen LogP contribution in [0.25, 0.3) is 0 Å². The third-order valence-electron chi connectivity index (χ3n) is 5.42. The molecule has 1 aromatic rings. The van der Waals surface area contributed by atoms with E-state index in [1.807, 2.05) is 16.4 Å². The van der Waals surface area contributed by atoms with Crippen LogP contribution in [0.3, 0.4) is 0 Å². The molecular formula is C20H26F3N7O4. The molecule has 2 aliphatic rings. The maximum absolute atomic E-state index is 13.2. The molecule has 2 amide bonds. The van der Waals surface area contributed by atoms with Gasteiger partial charge in [-0.1, -0.05) is 0 Å². The fraction of sp³-hybridized carbons (Fsp3) is 0.650. The van der Waals surface area contributed by atoms with Gasteiger partial charge in [0.15, 0.2) is 5.92 Å². The maximum Gasteiger partial charge on any atom is 0.403 e. The zero-order chi connectivity index (χ0) is 24.7. The lowest BCUT2D eigenvalue weighted by atomic mass is 9.99. The van der Waals surface area contributed by atoms with Gasteiger partial charge in [0, 0.05) is 32.7 Å². The lowest BCUT2D eigenvalue weighted by Gasteiger charge is -2.35. The van der Waals surface area contributed by atoms with Crippen molar-refractivity contribution < 1.29 is 32.2 Å². The molecule has 3 rings (SSSR count). The fourth-order valence-electron chi connectivity index (χ4n) is 3.69. The minimum atomic E-state index is -4.72. The average Bonchev–Trinajstić information content (AvgIpc) is 2.81. The van der Waals surface area contributed by atoms with Crippen molar-refractivity contribution in [2.45, 2.75) is 31.7 Å². The molecule has 14 heteroatoms. The Morgan fingerprint density at radius 2 is 1.97 bits per heavy atom. The molecule has 2 aliphatic heterocycles. The number of aromatic nitrogens is 2. The monoisotopic (exact) mass is 485 g/mol. The van der Waals surface area contributed by atoms with E-state index in [0.29, 0.717) is 37.7 Å². The molecule has 0 bridgehead atoms. The number of rotatable bonds is 8. The lowest BCUT2D eigenvalue weighted by Crippen LogP contribution is -2.60. The van der Waals surface area contributed by atoms with Gasteiger partial charge < -0.3 is 19.3 Å². The molecule has 0 aromatic carbocycles. The predicted molar refractivity (Wildman–Crippen MR) is 111 cm³/mol. The summed E-state index contributed by atoms with van der Waals surface area (Å²) in [5.74, 6) is -3.04. The number of hydrogen-bond donors (Lipinski definition) is 2. The number of nitriles is 1. The van der Waals surface area contributed by atoms with Gasteiger partial charge in [-0.25, -0.2) is 15.4 Å². The van der Waals surface area contributed by atoms with Gasteiger partial charge in [0.1, 0.15) is 6.07 Å². The predicted octanol–water partition coefficient (Wildman–Crippen LogP) is -0.00982.